The van der Waals surface area contributed by atoms with Crippen LogP contribution in [0.3, 0.4) is 0 Å². The SMILES string of the molecule is COc1ccc(CN2CCN(CC(=O)NCC(=O)Nc3c(C)cccc3C)CC2)cc1. The first-order valence-electron chi connectivity index (χ1n) is 10.6. The molecule has 0 spiro atoms. The minimum atomic E-state index is -0.213. The van der Waals surface area contributed by atoms with Crippen molar-refractivity contribution >= 4 is 17.5 Å². The summed E-state index contributed by atoms with van der Waals surface area (Å²) in [6.45, 7) is 8.57. The Kier molecular flexibility index (Phi) is 8.03. The zero-order chi connectivity index (χ0) is 22.2. The molecule has 2 amide bonds. The lowest BCUT2D eigenvalue weighted by Gasteiger charge is -2.34. The fraction of sp³-hybridized carbons (Fsp3) is 0.417. The van der Waals surface area contributed by atoms with Gasteiger partial charge in [0.15, 0.2) is 0 Å². The maximum absolute atomic E-state index is 12.3. The normalized spacial score (nSPS) is 14.8. The number of carbonyl (C=O) groups excluding carboxylic acids is 2. The molecular formula is C24H32N4O3. The van der Waals surface area contributed by atoms with Gasteiger partial charge in [-0.1, -0.05) is 30.3 Å². The lowest BCUT2D eigenvalue weighted by atomic mass is 10.1. The van der Waals surface area contributed by atoms with E-state index >= 15 is 0 Å². The molecule has 1 fully saturated rings. The molecule has 0 unspecified atom stereocenters. The molecule has 7 heteroatoms. The van der Waals surface area contributed by atoms with Crippen LogP contribution < -0.4 is 15.4 Å². The smallest absolute Gasteiger partial charge is 0.243 e. The highest BCUT2D eigenvalue weighted by atomic mass is 16.5. The highest BCUT2D eigenvalue weighted by Crippen LogP contribution is 2.19. The van der Waals surface area contributed by atoms with E-state index in [9.17, 15) is 9.59 Å². The zero-order valence-electron chi connectivity index (χ0n) is 18.6. The number of benzene rings is 2. The van der Waals surface area contributed by atoms with E-state index in [2.05, 4.69) is 32.6 Å². The summed E-state index contributed by atoms with van der Waals surface area (Å²) in [4.78, 5) is 29.0. The van der Waals surface area contributed by atoms with E-state index in [1.165, 1.54) is 5.56 Å². The molecule has 0 atom stereocenters. The summed E-state index contributed by atoms with van der Waals surface area (Å²) in [5, 5.41) is 5.62. The Morgan fingerprint density at radius 2 is 1.52 bits per heavy atom. The Hall–Kier alpha value is -2.90. The highest BCUT2D eigenvalue weighted by molar-refractivity contribution is 5.95. The van der Waals surface area contributed by atoms with Crippen LogP contribution in [0.2, 0.25) is 0 Å². The number of nitrogens with zero attached hydrogens (tertiary/aromatic N) is 2. The van der Waals surface area contributed by atoms with Crippen LogP contribution in [0.5, 0.6) is 5.75 Å². The summed E-state index contributed by atoms with van der Waals surface area (Å²) in [7, 11) is 1.67. The quantitative estimate of drug-likeness (QED) is 0.680. The molecule has 31 heavy (non-hydrogen) atoms. The first-order chi connectivity index (χ1) is 14.9. The second kappa shape index (κ2) is 10.9. The molecular weight excluding hydrogens is 392 g/mol. The second-order valence-corrected chi connectivity index (χ2v) is 7.99. The Bertz CT molecular complexity index is 870. The Morgan fingerprint density at radius 3 is 2.13 bits per heavy atom. The van der Waals surface area contributed by atoms with Gasteiger partial charge in [0.25, 0.3) is 0 Å². The van der Waals surface area contributed by atoms with Gasteiger partial charge < -0.3 is 15.4 Å². The number of hydrogen-bond donors (Lipinski definition) is 2. The Morgan fingerprint density at radius 1 is 0.903 bits per heavy atom. The predicted octanol–water partition coefficient (Wildman–Crippen LogP) is 2.18. The number of carbonyl (C=O) groups is 2. The Labute approximate surface area is 184 Å². The van der Waals surface area contributed by atoms with Crippen LogP contribution in [0.1, 0.15) is 16.7 Å². The number of ether oxygens (including phenoxy) is 1. The highest BCUT2D eigenvalue weighted by Gasteiger charge is 2.19. The summed E-state index contributed by atoms with van der Waals surface area (Å²) >= 11 is 0. The fourth-order valence-electron chi connectivity index (χ4n) is 3.73. The van der Waals surface area contributed by atoms with Gasteiger partial charge >= 0.3 is 0 Å². The fourth-order valence-corrected chi connectivity index (χ4v) is 3.73. The molecule has 1 aliphatic rings. The van der Waals surface area contributed by atoms with Gasteiger partial charge in [-0.2, -0.15) is 0 Å². The Balaban J connectivity index is 1.36. The molecule has 1 heterocycles. The van der Waals surface area contributed by atoms with Crippen LogP contribution in [0, 0.1) is 13.8 Å². The molecule has 0 bridgehead atoms. The number of aryl methyl sites for hydroxylation is 2. The van der Waals surface area contributed by atoms with E-state index in [0.29, 0.717) is 6.54 Å². The monoisotopic (exact) mass is 424 g/mol. The van der Waals surface area contributed by atoms with Crippen LogP contribution >= 0.6 is 0 Å². The molecule has 166 valence electrons. The van der Waals surface area contributed by atoms with Crippen LogP contribution in [0.25, 0.3) is 0 Å². The van der Waals surface area contributed by atoms with E-state index in [-0.39, 0.29) is 18.4 Å². The third kappa shape index (κ3) is 6.80. The minimum Gasteiger partial charge on any atom is -0.497 e. The first kappa shape index (κ1) is 22.8. The van der Waals surface area contributed by atoms with Crippen LogP contribution in [-0.2, 0) is 16.1 Å². The van der Waals surface area contributed by atoms with Crippen LogP contribution in [0.15, 0.2) is 42.5 Å². The van der Waals surface area contributed by atoms with E-state index in [1.807, 2.05) is 44.2 Å². The summed E-state index contributed by atoms with van der Waals surface area (Å²) in [5.41, 5.74) is 4.08. The van der Waals surface area contributed by atoms with Gasteiger partial charge in [0, 0.05) is 38.4 Å². The topological polar surface area (TPSA) is 73.9 Å². The third-order valence-electron chi connectivity index (χ3n) is 5.59. The van der Waals surface area contributed by atoms with Crippen molar-refractivity contribution in [2.45, 2.75) is 20.4 Å². The number of para-hydroxylation sites is 1. The lowest BCUT2D eigenvalue weighted by Crippen LogP contribution is -2.49. The number of rotatable bonds is 8. The number of piperazine rings is 1. The van der Waals surface area contributed by atoms with E-state index < -0.39 is 0 Å². The molecule has 1 saturated heterocycles. The minimum absolute atomic E-state index is 0.0238. The largest absolute Gasteiger partial charge is 0.497 e. The molecule has 7 nitrogen and oxygen atoms in total. The molecule has 2 aromatic carbocycles. The van der Waals surface area contributed by atoms with E-state index in [1.54, 1.807) is 7.11 Å². The summed E-state index contributed by atoms with van der Waals surface area (Å²) in [5.74, 6) is 0.526. The van der Waals surface area contributed by atoms with Gasteiger partial charge in [-0.25, -0.2) is 0 Å². The molecule has 0 aromatic heterocycles. The number of nitrogens with one attached hydrogen (secondary N) is 2. The van der Waals surface area contributed by atoms with Gasteiger partial charge in [0.1, 0.15) is 5.75 Å². The molecule has 2 N–H and O–H groups in total. The van der Waals surface area contributed by atoms with Crippen molar-refractivity contribution in [2.75, 3.05) is 51.7 Å². The lowest BCUT2D eigenvalue weighted by molar-refractivity contribution is -0.125. The number of anilines is 1. The van der Waals surface area contributed by atoms with Crippen molar-refractivity contribution in [3.63, 3.8) is 0 Å². The molecule has 0 radical (unpaired) electrons. The molecule has 3 rings (SSSR count). The van der Waals surface area contributed by atoms with Crippen molar-refractivity contribution in [3.05, 3.63) is 59.2 Å². The van der Waals surface area contributed by atoms with E-state index in [4.69, 9.17) is 4.74 Å². The molecule has 0 aliphatic carbocycles. The number of hydrogen-bond acceptors (Lipinski definition) is 5. The van der Waals surface area contributed by atoms with Crippen molar-refractivity contribution in [3.8, 4) is 5.75 Å². The van der Waals surface area contributed by atoms with Gasteiger partial charge in [-0.05, 0) is 42.7 Å². The van der Waals surface area contributed by atoms with Gasteiger partial charge in [-0.3, -0.25) is 19.4 Å². The number of amides is 2. The number of methoxy groups -OCH3 is 1. The van der Waals surface area contributed by atoms with Crippen LogP contribution in [0.4, 0.5) is 5.69 Å². The van der Waals surface area contributed by atoms with Gasteiger partial charge in [-0.15, -0.1) is 0 Å². The predicted molar refractivity (Wildman–Crippen MR) is 122 cm³/mol. The first-order valence-corrected chi connectivity index (χ1v) is 10.6. The maximum atomic E-state index is 12.3. The van der Waals surface area contributed by atoms with Crippen LogP contribution in [-0.4, -0.2) is 68.0 Å². The summed E-state index contributed by atoms with van der Waals surface area (Å²) < 4.78 is 5.20. The summed E-state index contributed by atoms with van der Waals surface area (Å²) in [6.07, 6.45) is 0. The average molecular weight is 425 g/mol. The average Bonchev–Trinajstić information content (AvgIpc) is 2.77. The molecule has 1 aliphatic heterocycles. The molecule has 2 aromatic rings. The van der Waals surface area contributed by atoms with Gasteiger partial charge in [0.2, 0.25) is 11.8 Å². The maximum Gasteiger partial charge on any atom is 0.243 e. The van der Waals surface area contributed by atoms with Gasteiger partial charge in [0.05, 0.1) is 20.2 Å². The molecule has 0 saturated carbocycles. The third-order valence-corrected chi connectivity index (χ3v) is 5.59. The standard InChI is InChI=1S/C24H32N4O3/c1-18-5-4-6-19(2)24(18)26-22(29)15-25-23(30)17-28-13-11-27(12-14-28)16-20-7-9-21(31-3)10-8-20/h4-10H,11-17H2,1-3H3,(H,25,30)(H,26,29). The van der Waals surface area contributed by atoms with Crippen molar-refractivity contribution in [1.82, 2.24) is 15.1 Å². The van der Waals surface area contributed by atoms with E-state index in [0.717, 1.165) is 55.3 Å². The summed E-state index contributed by atoms with van der Waals surface area (Å²) in [6, 6.07) is 14.0. The zero-order valence-corrected chi connectivity index (χ0v) is 18.6. The van der Waals surface area contributed by atoms with Crippen molar-refractivity contribution in [1.29, 1.82) is 0 Å². The second-order valence-electron chi connectivity index (χ2n) is 7.99. The van der Waals surface area contributed by atoms with Crippen molar-refractivity contribution in [2.24, 2.45) is 0 Å². The van der Waals surface area contributed by atoms with Crippen molar-refractivity contribution < 1.29 is 14.3 Å².